The predicted octanol–water partition coefficient (Wildman–Crippen LogP) is 4.50. The van der Waals surface area contributed by atoms with Gasteiger partial charge < -0.3 is 10.2 Å². The van der Waals surface area contributed by atoms with Crippen molar-refractivity contribution < 1.29 is 9.59 Å². The molecule has 1 atom stereocenters. The van der Waals surface area contributed by atoms with Crippen LogP contribution in [0.1, 0.15) is 37.0 Å². The Morgan fingerprint density at radius 1 is 1.26 bits per heavy atom. The number of likely N-dealkylation sites (tertiary alicyclic amines) is 1. The van der Waals surface area contributed by atoms with E-state index in [2.05, 4.69) is 10.3 Å². The van der Waals surface area contributed by atoms with Crippen LogP contribution < -0.4 is 5.32 Å². The maximum absolute atomic E-state index is 12.7. The van der Waals surface area contributed by atoms with Gasteiger partial charge in [0.05, 0.1) is 11.6 Å². The minimum absolute atomic E-state index is 0.110. The van der Waals surface area contributed by atoms with E-state index in [-0.39, 0.29) is 17.7 Å². The molecule has 1 N–H and O–H groups in total. The number of benzene rings is 1. The number of aryl methyl sites for hydroxylation is 1. The third-order valence-corrected chi connectivity index (χ3v) is 6.58. The largest absolute Gasteiger partial charge is 0.339 e. The molecule has 142 valence electrons. The van der Waals surface area contributed by atoms with Crippen molar-refractivity contribution >= 4 is 39.9 Å². The number of aromatic nitrogens is 1. The fraction of sp³-hybridized carbons (Fsp3) is 0.450. The number of rotatable bonds is 4. The summed E-state index contributed by atoms with van der Waals surface area (Å²) < 4.78 is 0. The number of hydrogen-bond donors (Lipinski definition) is 1. The molecule has 0 bridgehead atoms. The standard InChI is InChI=1S/C20H22ClN3O2S/c1-12-18(13-6-8-15(21)9-7-13)22-20(27-12)23-19(26)14-10-17(25)24(11-14)16-4-2-3-5-16/h6-9,14,16H,2-5,10-11H2,1H3,(H,22,23,26). The molecule has 2 aromatic rings. The van der Waals surface area contributed by atoms with E-state index in [0.29, 0.717) is 29.2 Å². The first-order valence-corrected chi connectivity index (χ1v) is 10.5. The molecular weight excluding hydrogens is 382 g/mol. The lowest BCUT2D eigenvalue weighted by Gasteiger charge is -2.23. The van der Waals surface area contributed by atoms with Crippen LogP contribution in [0.5, 0.6) is 0 Å². The van der Waals surface area contributed by atoms with Gasteiger partial charge in [-0.2, -0.15) is 0 Å². The smallest absolute Gasteiger partial charge is 0.231 e. The molecule has 1 aliphatic carbocycles. The van der Waals surface area contributed by atoms with Crippen LogP contribution in [0.25, 0.3) is 11.3 Å². The zero-order chi connectivity index (χ0) is 19.0. The summed E-state index contributed by atoms with van der Waals surface area (Å²) in [4.78, 5) is 32.5. The van der Waals surface area contributed by atoms with Crippen molar-refractivity contribution in [2.45, 2.75) is 45.1 Å². The van der Waals surface area contributed by atoms with Gasteiger partial charge in [-0.15, -0.1) is 11.3 Å². The summed E-state index contributed by atoms with van der Waals surface area (Å²) >= 11 is 7.40. The summed E-state index contributed by atoms with van der Waals surface area (Å²) in [6, 6.07) is 7.83. The molecular formula is C20H22ClN3O2S. The number of halogens is 1. The molecule has 4 rings (SSSR count). The summed E-state index contributed by atoms with van der Waals surface area (Å²) in [6.45, 7) is 2.52. The molecule has 1 unspecified atom stereocenters. The fourth-order valence-corrected chi connectivity index (χ4v) is 4.97. The van der Waals surface area contributed by atoms with Gasteiger partial charge in [0.25, 0.3) is 0 Å². The maximum atomic E-state index is 12.7. The molecule has 2 amide bonds. The lowest BCUT2D eigenvalue weighted by Crippen LogP contribution is -2.35. The van der Waals surface area contributed by atoms with E-state index in [1.807, 2.05) is 36.1 Å². The van der Waals surface area contributed by atoms with E-state index in [1.54, 1.807) is 0 Å². The van der Waals surface area contributed by atoms with Gasteiger partial charge in [0, 0.05) is 34.5 Å². The number of carbonyl (C=O) groups excluding carboxylic acids is 2. The molecule has 2 fully saturated rings. The number of nitrogens with zero attached hydrogens (tertiary/aromatic N) is 2. The number of nitrogens with one attached hydrogen (secondary N) is 1. The van der Waals surface area contributed by atoms with Crippen LogP contribution in [0, 0.1) is 12.8 Å². The number of amides is 2. The van der Waals surface area contributed by atoms with Crippen LogP contribution in [0.4, 0.5) is 5.13 Å². The molecule has 7 heteroatoms. The minimum Gasteiger partial charge on any atom is -0.339 e. The Labute approximate surface area is 167 Å². The van der Waals surface area contributed by atoms with Crippen molar-refractivity contribution in [2.24, 2.45) is 5.92 Å². The van der Waals surface area contributed by atoms with Crippen molar-refractivity contribution in [3.8, 4) is 11.3 Å². The Morgan fingerprint density at radius 3 is 2.67 bits per heavy atom. The molecule has 27 heavy (non-hydrogen) atoms. The van der Waals surface area contributed by atoms with Gasteiger partial charge in [0.1, 0.15) is 0 Å². The van der Waals surface area contributed by atoms with E-state index >= 15 is 0 Å². The number of anilines is 1. The molecule has 1 saturated heterocycles. The molecule has 2 aliphatic rings. The predicted molar refractivity (Wildman–Crippen MR) is 108 cm³/mol. The van der Waals surface area contributed by atoms with E-state index in [0.717, 1.165) is 29.0 Å². The van der Waals surface area contributed by atoms with Gasteiger partial charge in [-0.1, -0.05) is 36.6 Å². The Bertz CT molecular complexity index is 859. The van der Waals surface area contributed by atoms with Crippen LogP contribution in [0.15, 0.2) is 24.3 Å². The van der Waals surface area contributed by atoms with Gasteiger partial charge in [-0.3, -0.25) is 9.59 Å². The van der Waals surface area contributed by atoms with Gasteiger partial charge in [0.2, 0.25) is 11.8 Å². The highest BCUT2D eigenvalue weighted by atomic mass is 35.5. The van der Waals surface area contributed by atoms with Crippen LogP contribution >= 0.6 is 22.9 Å². The van der Waals surface area contributed by atoms with Gasteiger partial charge in [-0.05, 0) is 31.9 Å². The third-order valence-electron chi connectivity index (χ3n) is 5.44. The molecule has 1 aliphatic heterocycles. The Kier molecular flexibility index (Phi) is 5.19. The second-order valence-corrected chi connectivity index (χ2v) is 8.95. The first kappa shape index (κ1) is 18.4. The van der Waals surface area contributed by atoms with Crippen molar-refractivity contribution in [2.75, 3.05) is 11.9 Å². The Morgan fingerprint density at radius 2 is 1.96 bits per heavy atom. The molecule has 2 heterocycles. The van der Waals surface area contributed by atoms with Gasteiger partial charge in [0.15, 0.2) is 5.13 Å². The molecule has 1 saturated carbocycles. The quantitative estimate of drug-likeness (QED) is 0.817. The molecule has 0 spiro atoms. The SMILES string of the molecule is Cc1sc(NC(=O)C2CC(=O)N(C3CCCC3)C2)nc1-c1ccc(Cl)cc1. The summed E-state index contributed by atoms with van der Waals surface area (Å²) in [6.07, 6.45) is 4.79. The first-order valence-electron chi connectivity index (χ1n) is 9.35. The highest BCUT2D eigenvalue weighted by Crippen LogP contribution is 2.33. The van der Waals surface area contributed by atoms with Crippen molar-refractivity contribution in [1.29, 1.82) is 0 Å². The zero-order valence-corrected chi connectivity index (χ0v) is 16.8. The second-order valence-electron chi connectivity index (χ2n) is 7.31. The first-order chi connectivity index (χ1) is 13.0. The van der Waals surface area contributed by atoms with E-state index in [9.17, 15) is 9.59 Å². The number of hydrogen-bond acceptors (Lipinski definition) is 4. The third kappa shape index (κ3) is 3.87. The Hall–Kier alpha value is -1.92. The molecule has 1 aromatic carbocycles. The highest BCUT2D eigenvalue weighted by molar-refractivity contribution is 7.16. The van der Waals surface area contributed by atoms with Crippen molar-refractivity contribution in [3.63, 3.8) is 0 Å². The topological polar surface area (TPSA) is 62.3 Å². The van der Waals surface area contributed by atoms with Crippen LogP contribution in [0.3, 0.4) is 0 Å². The lowest BCUT2D eigenvalue weighted by molar-refractivity contribution is -0.129. The number of thiazole rings is 1. The Balaban J connectivity index is 1.43. The van der Waals surface area contributed by atoms with Crippen LogP contribution in [-0.4, -0.2) is 34.3 Å². The molecule has 0 radical (unpaired) electrons. The van der Waals surface area contributed by atoms with E-state index in [1.165, 1.54) is 24.2 Å². The summed E-state index contributed by atoms with van der Waals surface area (Å²) in [5.74, 6) is -0.291. The van der Waals surface area contributed by atoms with Crippen molar-refractivity contribution in [3.05, 3.63) is 34.2 Å². The van der Waals surface area contributed by atoms with Gasteiger partial charge >= 0.3 is 0 Å². The molecule has 1 aromatic heterocycles. The van der Waals surface area contributed by atoms with E-state index < -0.39 is 0 Å². The lowest BCUT2D eigenvalue weighted by atomic mass is 10.1. The maximum Gasteiger partial charge on any atom is 0.231 e. The summed E-state index contributed by atoms with van der Waals surface area (Å²) in [5.41, 5.74) is 1.82. The highest BCUT2D eigenvalue weighted by Gasteiger charge is 2.38. The van der Waals surface area contributed by atoms with Crippen LogP contribution in [0.2, 0.25) is 5.02 Å². The zero-order valence-electron chi connectivity index (χ0n) is 15.2. The number of carbonyl (C=O) groups is 2. The normalized spacial score (nSPS) is 20.4. The van der Waals surface area contributed by atoms with E-state index in [4.69, 9.17) is 11.6 Å². The fourth-order valence-electron chi connectivity index (χ4n) is 4.01. The minimum atomic E-state index is -0.290. The summed E-state index contributed by atoms with van der Waals surface area (Å²) in [7, 11) is 0. The average molecular weight is 404 g/mol. The molecule has 5 nitrogen and oxygen atoms in total. The second kappa shape index (κ2) is 7.60. The summed E-state index contributed by atoms with van der Waals surface area (Å²) in [5, 5.41) is 4.18. The van der Waals surface area contributed by atoms with Crippen molar-refractivity contribution in [1.82, 2.24) is 9.88 Å². The van der Waals surface area contributed by atoms with Gasteiger partial charge in [-0.25, -0.2) is 4.98 Å². The average Bonchev–Trinajstić information content (AvgIpc) is 3.36. The monoisotopic (exact) mass is 403 g/mol. The van der Waals surface area contributed by atoms with Crippen LogP contribution in [-0.2, 0) is 9.59 Å².